The Morgan fingerprint density at radius 3 is 1.79 bits per heavy atom. The normalized spacial score (nSPS) is 12.0. The number of carboxylic acid groups (broad SMARTS) is 1. The Balaban J connectivity index is 2.06. The highest BCUT2D eigenvalue weighted by Gasteiger charge is 2.21. The maximum Gasteiger partial charge on any atom is 0.310 e. The molecule has 2 heteroatoms. The lowest BCUT2D eigenvalue weighted by molar-refractivity contribution is -0.139. The van der Waals surface area contributed by atoms with Crippen LogP contribution in [0.4, 0.5) is 0 Å². The van der Waals surface area contributed by atoms with Gasteiger partial charge in [0.25, 0.3) is 0 Å². The van der Waals surface area contributed by atoms with Crippen LogP contribution in [0.5, 0.6) is 0 Å². The molecule has 0 aliphatic heterocycles. The zero-order chi connectivity index (χ0) is 20.5. The van der Waals surface area contributed by atoms with Gasteiger partial charge in [0.2, 0.25) is 0 Å². The molecule has 0 aliphatic rings. The molecular formula is C26H42O2. The first-order valence-corrected chi connectivity index (χ1v) is 11.6. The topological polar surface area (TPSA) is 37.3 Å². The lowest BCUT2D eigenvalue weighted by Gasteiger charge is -2.15. The molecule has 0 saturated heterocycles. The monoisotopic (exact) mass is 386 g/mol. The molecule has 0 fully saturated rings. The van der Waals surface area contributed by atoms with Gasteiger partial charge in [-0.25, -0.2) is 0 Å². The van der Waals surface area contributed by atoms with E-state index in [0.717, 1.165) is 30.4 Å². The molecule has 0 heterocycles. The predicted octanol–water partition coefficient (Wildman–Crippen LogP) is 8.37. The zero-order valence-electron chi connectivity index (χ0n) is 18.1. The van der Waals surface area contributed by atoms with Gasteiger partial charge in [-0.1, -0.05) is 134 Å². The van der Waals surface area contributed by atoms with Gasteiger partial charge in [0.15, 0.2) is 0 Å². The van der Waals surface area contributed by atoms with Crippen molar-refractivity contribution in [3.8, 4) is 0 Å². The van der Waals surface area contributed by atoms with Gasteiger partial charge in [-0.2, -0.15) is 0 Å². The van der Waals surface area contributed by atoms with E-state index in [1.165, 1.54) is 77.0 Å². The van der Waals surface area contributed by atoms with Crippen molar-refractivity contribution in [3.63, 3.8) is 0 Å². The fourth-order valence-electron chi connectivity index (χ4n) is 3.97. The third-order valence-electron chi connectivity index (χ3n) is 5.74. The number of aliphatic carboxylic acids is 1. The highest BCUT2D eigenvalue weighted by Crippen LogP contribution is 2.27. The molecule has 1 N–H and O–H groups in total. The fourth-order valence-corrected chi connectivity index (χ4v) is 3.97. The molecule has 0 spiro atoms. The summed E-state index contributed by atoms with van der Waals surface area (Å²) in [5.41, 5.74) is 1.85. The van der Waals surface area contributed by atoms with E-state index < -0.39 is 11.9 Å². The third-order valence-corrected chi connectivity index (χ3v) is 5.74. The van der Waals surface area contributed by atoms with Crippen LogP contribution in [0.1, 0.15) is 120 Å². The Hall–Kier alpha value is -1.57. The van der Waals surface area contributed by atoms with E-state index in [0.29, 0.717) is 0 Å². The van der Waals surface area contributed by atoms with Crippen LogP contribution in [-0.4, -0.2) is 11.1 Å². The Morgan fingerprint density at radius 2 is 1.32 bits per heavy atom. The minimum atomic E-state index is -0.719. The predicted molar refractivity (Wildman–Crippen MR) is 122 cm³/mol. The number of benzene rings is 1. The first-order chi connectivity index (χ1) is 13.7. The minimum Gasteiger partial charge on any atom is -0.481 e. The average molecular weight is 387 g/mol. The van der Waals surface area contributed by atoms with Crippen LogP contribution in [0.15, 0.2) is 30.8 Å². The van der Waals surface area contributed by atoms with Crippen molar-refractivity contribution in [3.05, 3.63) is 42.0 Å². The summed E-state index contributed by atoms with van der Waals surface area (Å²) in [5.74, 6) is -1.13. The second kappa shape index (κ2) is 16.4. The van der Waals surface area contributed by atoms with E-state index in [2.05, 4.69) is 13.5 Å². The minimum absolute atomic E-state index is 0.411. The van der Waals surface area contributed by atoms with Crippen molar-refractivity contribution in [2.45, 2.75) is 109 Å². The number of unbranched alkanes of at least 4 members (excludes halogenated alkanes) is 13. The van der Waals surface area contributed by atoms with Crippen LogP contribution in [0, 0.1) is 0 Å². The van der Waals surface area contributed by atoms with Crippen LogP contribution in [-0.2, 0) is 4.79 Å². The molecule has 0 bridgehead atoms. The number of hydrogen-bond acceptors (Lipinski definition) is 1. The van der Waals surface area contributed by atoms with Gasteiger partial charge < -0.3 is 5.11 Å². The van der Waals surface area contributed by atoms with Crippen molar-refractivity contribution in [2.75, 3.05) is 0 Å². The highest BCUT2D eigenvalue weighted by molar-refractivity contribution is 5.78. The summed E-state index contributed by atoms with van der Waals surface area (Å²) in [5, 5.41) is 9.62. The molecule has 1 aromatic carbocycles. The SMILES string of the molecule is C=Cc1ccccc1C(CCCCCCCCCCCCCCCC)C(=O)O. The molecule has 0 saturated carbocycles. The average Bonchev–Trinajstić information content (AvgIpc) is 2.70. The van der Waals surface area contributed by atoms with Crippen LogP contribution >= 0.6 is 0 Å². The summed E-state index contributed by atoms with van der Waals surface area (Å²) >= 11 is 0. The second-order valence-corrected chi connectivity index (χ2v) is 8.11. The number of carboxylic acids is 1. The van der Waals surface area contributed by atoms with E-state index in [1.54, 1.807) is 6.08 Å². The van der Waals surface area contributed by atoms with Gasteiger partial charge in [0, 0.05) is 0 Å². The third kappa shape index (κ3) is 10.7. The molecule has 1 unspecified atom stereocenters. The van der Waals surface area contributed by atoms with Crippen molar-refractivity contribution >= 4 is 12.0 Å². The molecule has 0 aromatic heterocycles. The van der Waals surface area contributed by atoms with Crippen molar-refractivity contribution in [1.29, 1.82) is 0 Å². The summed E-state index contributed by atoms with van der Waals surface area (Å²) < 4.78 is 0. The van der Waals surface area contributed by atoms with Gasteiger partial charge in [0.1, 0.15) is 0 Å². The Bertz CT molecular complexity index is 535. The van der Waals surface area contributed by atoms with Gasteiger partial charge in [0.05, 0.1) is 5.92 Å². The smallest absolute Gasteiger partial charge is 0.310 e. The van der Waals surface area contributed by atoms with Crippen molar-refractivity contribution in [2.24, 2.45) is 0 Å². The summed E-state index contributed by atoms with van der Waals surface area (Å²) in [7, 11) is 0. The second-order valence-electron chi connectivity index (χ2n) is 8.11. The first-order valence-electron chi connectivity index (χ1n) is 11.6. The van der Waals surface area contributed by atoms with Gasteiger partial charge in [-0.05, 0) is 17.5 Å². The van der Waals surface area contributed by atoms with Crippen LogP contribution in [0.3, 0.4) is 0 Å². The van der Waals surface area contributed by atoms with E-state index in [1.807, 2.05) is 24.3 Å². The maximum atomic E-state index is 11.7. The van der Waals surface area contributed by atoms with Crippen molar-refractivity contribution < 1.29 is 9.90 Å². The van der Waals surface area contributed by atoms with Crippen LogP contribution in [0.25, 0.3) is 6.08 Å². The summed E-state index contributed by atoms with van der Waals surface area (Å²) in [6.07, 6.45) is 21.0. The van der Waals surface area contributed by atoms with Gasteiger partial charge in [-0.3, -0.25) is 4.79 Å². The summed E-state index contributed by atoms with van der Waals surface area (Å²) in [6.45, 7) is 6.08. The summed E-state index contributed by atoms with van der Waals surface area (Å²) in [4.78, 5) is 11.7. The van der Waals surface area contributed by atoms with Crippen LogP contribution < -0.4 is 0 Å². The van der Waals surface area contributed by atoms with E-state index in [-0.39, 0.29) is 0 Å². The lowest BCUT2D eigenvalue weighted by Crippen LogP contribution is -2.12. The van der Waals surface area contributed by atoms with Gasteiger partial charge >= 0.3 is 5.97 Å². The standard InChI is InChI=1S/C26H42O2/c1-3-5-6-7-8-9-10-11-12-13-14-15-16-17-22-25(26(27)28)24-21-19-18-20-23(24)4-2/h4,18-21,25H,2-3,5-17,22H2,1H3,(H,27,28). The molecule has 0 amide bonds. The van der Waals surface area contributed by atoms with Crippen molar-refractivity contribution in [1.82, 2.24) is 0 Å². The zero-order valence-corrected chi connectivity index (χ0v) is 18.1. The molecule has 1 atom stereocenters. The highest BCUT2D eigenvalue weighted by atomic mass is 16.4. The molecule has 158 valence electrons. The Kier molecular flexibility index (Phi) is 14.3. The Labute approximate surface area is 173 Å². The first kappa shape index (κ1) is 24.5. The Morgan fingerprint density at radius 1 is 0.857 bits per heavy atom. The number of rotatable bonds is 18. The summed E-state index contributed by atoms with van der Waals surface area (Å²) in [6, 6.07) is 7.73. The number of carbonyl (C=O) groups is 1. The fraction of sp³-hybridized carbons (Fsp3) is 0.654. The molecule has 28 heavy (non-hydrogen) atoms. The molecular weight excluding hydrogens is 344 g/mol. The van der Waals surface area contributed by atoms with Gasteiger partial charge in [-0.15, -0.1) is 0 Å². The van der Waals surface area contributed by atoms with E-state index >= 15 is 0 Å². The lowest BCUT2D eigenvalue weighted by atomic mass is 9.89. The number of hydrogen-bond donors (Lipinski definition) is 1. The maximum absolute atomic E-state index is 11.7. The van der Waals surface area contributed by atoms with E-state index in [4.69, 9.17) is 0 Å². The van der Waals surface area contributed by atoms with E-state index in [9.17, 15) is 9.90 Å². The largest absolute Gasteiger partial charge is 0.481 e. The molecule has 2 nitrogen and oxygen atoms in total. The molecule has 1 rings (SSSR count). The molecule has 1 aromatic rings. The quantitative estimate of drug-likeness (QED) is 0.257. The molecule has 0 radical (unpaired) electrons. The molecule has 0 aliphatic carbocycles. The van der Waals surface area contributed by atoms with Crippen LogP contribution in [0.2, 0.25) is 0 Å².